The van der Waals surface area contributed by atoms with Crippen molar-refractivity contribution in [3.63, 3.8) is 0 Å². The summed E-state index contributed by atoms with van der Waals surface area (Å²) >= 11 is 0.479. The zero-order valence-corrected chi connectivity index (χ0v) is 31.9. The second-order valence-electron chi connectivity index (χ2n) is 13.6. The third kappa shape index (κ3) is 6.52. The summed E-state index contributed by atoms with van der Waals surface area (Å²) in [6.07, 6.45) is 0.861. The minimum absolute atomic E-state index is 0.205. The molecule has 4 heterocycles. The van der Waals surface area contributed by atoms with E-state index in [1.54, 1.807) is 19.2 Å². The van der Waals surface area contributed by atoms with Gasteiger partial charge in [-0.3, -0.25) is 0 Å². The van der Waals surface area contributed by atoms with Crippen LogP contribution in [0.3, 0.4) is 0 Å². The summed E-state index contributed by atoms with van der Waals surface area (Å²) in [4.78, 5) is 33.4. The number of ether oxygens (including phenoxy) is 5. The number of methoxy groups -OCH3 is 1. The summed E-state index contributed by atoms with van der Waals surface area (Å²) in [6.45, 7) is 3.99. The predicted octanol–water partition coefficient (Wildman–Crippen LogP) is 6.43. The van der Waals surface area contributed by atoms with Gasteiger partial charge in [-0.15, -0.1) is 0 Å². The van der Waals surface area contributed by atoms with Crippen LogP contribution in [0.25, 0.3) is 0 Å². The van der Waals surface area contributed by atoms with E-state index >= 15 is 0 Å². The standard InChI is InChI=1S/C40H41N3O7SSe/c1-41(2)17-6-18-42-19-20-43(35-25-52-51-24-34(35)42)39(45)48-27-11-9-26(10-12-27)23-47-29-14-16-33-37(22-29)49-36-21-28(46-3)13-15-32(36)40(33)31-8-5-4-7-30(31)38(44)50-40/h4-5,7-16,21-22,34-35H,6,17-20,23-25H2,1-3H3/t34-,35+,40?/m1/s1. The number of hydrogen-bond acceptors (Lipinski definition) is 10. The van der Waals surface area contributed by atoms with Crippen LogP contribution in [0.5, 0.6) is 28.7 Å². The molecule has 0 bridgehead atoms. The molecule has 270 valence electrons. The fourth-order valence-electron chi connectivity index (χ4n) is 7.60. The number of benzene rings is 4. The second kappa shape index (κ2) is 14.7. The van der Waals surface area contributed by atoms with Gasteiger partial charge in [-0.25, -0.2) is 4.79 Å². The van der Waals surface area contributed by atoms with Crippen LogP contribution in [0.1, 0.15) is 39.0 Å². The summed E-state index contributed by atoms with van der Waals surface area (Å²) in [6, 6.07) is 26.6. The molecule has 52 heavy (non-hydrogen) atoms. The zero-order valence-electron chi connectivity index (χ0n) is 29.4. The molecule has 0 aromatic heterocycles. The van der Waals surface area contributed by atoms with Crippen LogP contribution in [0.2, 0.25) is 5.32 Å². The predicted molar refractivity (Wildman–Crippen MR) is 200 cm³/mol. The van der Waals surface area contributed by atoms with Crippen molar-refractivity contribution in [3.05, 3.63) is 113 Å². The van der Waals surface area contributed by atoms with Gasteiger partial charge < -0.3 is 14.2 Å². The minimum atomic E-state index is -1.16. The van der Waals surface area contributed by atoms with Gasteiger partial charge in [-0.2, -0.15) is 0 Å². The van der Waals surface area contributed by atoms with Crippen molar-refractivity contribution in [1.82, 2.24) is 14.7 Å². The maximum Gasteiger partial charge on any atom is 0.340 e. The normalized spacial score (nSPS) is 21.8. The Morgan fingerprint density at radius 1 is 0.923 bits per heavy atom. The quantitative estimate of drug-likeness (QED) is 0.140. The van der Waals surface area contributed by atoms with Gasteiger partial charge in [0.2, 0.25) is 0 Å². The van der Waals surface area contributed by atoms with Crippen LogP contribution >= 0.6 is 10.2 Å². The molecule has 2 fully saturated rings. The molecule has 4 aliphatic heterocycles. The Labute approximate surface area is 313 Å². The van der Waals surface area contributed by atoms with Crippen LogP contribution in [0, 0.1) is 0 Å². The smallest absolute Gasteiger partial charge is 0.340 e. The molecule has 4 aliphatic rings. The van der Waals surface area contributed by atoms with Crippen molar-refractivity contribution in [2.45, 2.75) is 36.0 Å². The molecule has 1 unspecified atom stereocenters. The van der Waals surface area contributed by atoms with Gasteiger partial charge in [-0.05, 0) is 30.3 Å². The minimum Gasteiger partial charge on any atom is -0.440 e. The Morgan fingerprint density at radius 2 is 1.65 bits per heavy atom. The molecule has 8 rings (SSSR count). The van der Waals surface area contributed by atoms with Gasteiger partial charge in [-0.1, -0.05) is 18.2 Å². The summed E-state index contributed by atoms with van der Waals surface area (Å²) in [7, 11) is 7.87. The number of fused-ring (bicyclic) bond motifs is 7. The van der Waals surface area contributed by atoms with Crippen LogP contribution in [-0.4, -0.2) is 106 Å². The zero-order chi connectivity index (χ0) is 35.8. The molecule has 12 heteroatoms. The molecule has 0 radical (unpaired) electrons. The average Bonchev–Trinajstić information content (AvgIpc) is 3.46. The third-order valence-electron chi connectivity index (χ3n) is 10.2. The third-order valence-corrected chi connectivity index (χ3v) is 14.5. The van der Waals surface area contributed by atoms with E-state index in [0.717, 1.165) is 53.8 Å². The van der Waals surface area contributed by atoms with Gasteiger partial charge in [0.25, 0.3) is 0 Å². The Balaban J connectivity index is 0.942. The van der Waals surface area contributed by atoms with Crippen LogP contribution < -0.4 is 18.9 Å². The monoisotopic (exact) mass is 787 g/mol. The van der Waals surface area contributed by atoms with E-state index in [1.165, 1.54) is 0 Å². The molecule has 4 aromatic carbocycles. The summed E-state index contributed by atoms with van der Waals surface area (Å²) in [5.74, 6) is 3.50. The molecule has 0 aliphatic carbocycles. The molecule has 2 saturated heterocycles. The van der Waals surface area contributed by atoms with Crippen molar-refractivity contribution >= 4 is 36.1 Å². The van der Waals surface area contributed by atoms with Gasteiger partial charge in [0, 0.05) is 28.8 Å². The Kier molecular flexibility index (Phi) is 9.84. The van der Waals surface area contributed by atoms with E-state index in [4.69, 9.17) is 23.7 Å². The molecular formula is C40H41N3O7SSe. The molecule has 10 nitrogen and oxygen atoms in total. The first kappa shape index (κ1) is 34.9. The largest absolute Gasteiger partial charge is 0.440 e. The molecule has 1 amide bonds. The summed E-state index contributed by atoms with van der Waals surface area (Å²) in [5.41, 5.74) is 2.49. The van der Waals surface area contributed by atoms with Crippen LogP contribution in [0.4, 0.5) is 4.79 Å². The second-order valence-corrected chi connectivity index (χ2v) is 18.1. The van der Waals surface area contributed by atoms with E-state index < -0.39 is 5.60 Å². The SMILES string of the molecule is COc1ccc2c(c1)Oc1cc(OCc3ccc(OC(=O)N4CCN(CCCN(C)C)[C@@H]5CS[Se]C[C@@H]54)cc3)ccc1C21OC(=O)c2ccccc21. The van der Waals surface area contributed by atoms with Gasteiger partial charge in [0.05, 0.1) is 12.7 Å². The molecular weight excluding hydrogens is 745 g/mol. The fraction of sp³-hybridized carbons (Fsp3) is 0.350. The average molecular weight is 787 g/mol. The van der Waals surface area contributed by atoms with Crippen LogP contribution in [-0.2, 0) is 16.9 Å². The van der Waals surface area contributed by atoms with E-state index in [1.807, 2.05) is 87.9 Å². The number of carbonyl (C=O) groups is 2. The van der Waals surface area contributed by atoms with Gasteiger partial charge in [0.1, 0.15) is 17.2 Å². The molecule has 3 atom stereocenters. The van der Waals surface area contributed by atoms with E-state index in [0.29, 0.717) is 72.9 Å². The van der Waals surface area contributed by atoms with E-state index in [9.17, 15) is 9.59 Å². The summed E-state index contributed by atoms with van der Waals surface area (Å²) in [5, 5.41) is 1.05. The number of rotatable bonds is 9. The van der Waals surface area contributed by atoms with Crippen molar-refractivity contribution in [3.8, 4) is 28.7 Å². The number of carbonyl (C=O) groups excluding carboxylic acids is 2. The number of hydrogen-bond donors (Lipinski definition) is 0. The number of esters is 1. The molecule has 0 saturated carbocycles. The molecule has 1 spiro atoms. The summed E-state index contributed by atoms with van der Waals surface area (Å²) < 4.78 is 30.3. The van der Waals surface area contributed by atoms with Gasteiger partial charge >= 0.3 is 183 Å². The Hall–Kier alpha value is -4.19. The maximum atomic E-state index is 13.4. The first-order valence-electron chi connectivity index (χ1n) is 17.5. The van der Waals surface area contributed by atoms with Crippen molar-refractivity contribution in [2.24, 2.45) is 0 Å². The number of piperazine rings is 1. The van der Waals surface area contributed by atoms with Gasteiger partial charge in [0.15, 0.2) is 5.60 Å². The van der Waals surface area contributed by atoms with Crippen molar-refractivity contribution < 1.29 is 33.3 Å². The Bertz CT molecular complexity index is 1980. The maximum absolute atomic E-state index is 13.4. The Morgan fingerprint density at radius 3 is 2.42 bits per heavy atom. The van der Waals surface area contributed by atoms with E-state index in [-0.39, 0.29) is 18.1 Å². The molecule has 0 N–H and O–H groups in total. The fourth-order valence-corrected chi connectivity index (χ4v) is 12.3. The first-order chi connectivity index (χ1) is 25.3. The van der Waals surface area contributed by atoms with Crippen molar-refractivity contribution in [2.75, 3.05) is 53.1 Å². The number of amides is 1. The first-order valence-corrected chi connectivity index (χ1v) is 21.7. The van der Waals surface area contributed by atoms with Crippen molar-refractivity contribution in [1.29, 1.82) is 0 Å². The molecule has 4 aromatic rings. The van der Waals surface area contributed by atoms with Crippen LogP contribution in [0.15, 0.2) is 84.9 Å². The number of nitrogens with zero attached hydrogens (tertiary/aromatic N) is 3. The van der Waals surface area contributed by atoms with E-state index in [2.05, 4.69) is 23.9 Å². The topological polar surface area (TPSA) is 90.0 Å².